The minimum absolute atomic E-state index is 1.07. The summed E-state index contributed by atoms with van der Waals surface area (Å²) in [7, 11) is -11.8. The summed E-state index contributed by atoms with van der Waals surface area (Å²) in [5.41, 5.74) is 0. The highest BCUT2D eigenvalue weighted by atomic mass is 32.3. The molecule has 9 heavy (non-hydrogen) atoms. The highest BCUT2D eigenvalue weighted by molar-refractivity contribution is 7.97. The molecule has 0 radical (unpaired) electrons. The maximum atomic E-state index is 11.0. The van der Waals surface area contributed by atoms with Crippen molar-refractivity contribution in [3.63, 3.8) is 0 Å². The SMILES string of the molecule is O=P(F)(F)[N-]S(=O)(=O)F. The largest absolute Gasteiger partial charge is 0.406 e. The average Bonchev–Trinajstić information content (AvgIpc) is 1.14. The minimum Gasteiger partial charge on any atom is -0.406 e. The second kappa shape index (κ2) is 2.28. The molecule has 0 bridgehead atoms. The van der Waals surface area contributed by atoms with Gasteiger partial charge >= 0.3 is 7.91 Å². The summed E-state index contributed by atoms with van der Waals surface area (Å²) in [6, 6.07) is 0. The molecule has 0 aliphatic rings. The van der Waals surface area contributed by atoms with Crippen LogP contribution in [0.2, 0.25) is 0 Å². The standard InChI is InChI=1S/F3NO3PS/c1-8(2,5)4-9(3,6)7/q-1. The van der Waals surface area contributed by atoms with Gasteiger partial charge in [-0.3, -0.25) is 4.57 Å². The van der Waals surface area contributed by atoms with Crippen molar-refractivity contribution in [3.05, 3.63) is 4.49 Å². The van der Waals surface area contributed by atoms with Crippen molar-refractivity contribution >= 4 is 18.3 Å². The summed E-state index contributed by atoms with van der Waals surface area (Å²) in [5.74, 6) is 0. The van der Waals surface area contributed by atoms with Gasteiger partial charge < -0.3 is 4.49 Å². The van der Waals surface area contributed by atoms with Gasteiger partial charge in [-0.1, -0.05) is 0 Å². The normalized spacial score (nSPS) is 13.7. The van der Waals surface area contributed by atoms with E-state index in [9.17, 15) is 12.3 Å². The van der Waals surface area contributed by atoms with Crippen molar-refractivity contribution in [1.29, 1.82) is 0 Å². The Morgan fingerprint density at radius 3 is 1.67 bits per heavy atom. The van der Waals surface area contributed by atoms with E-state index in [2.05, 4.69) is 0 Å². The lowest BCUT2D eigenvalue weighted by Gasteiger charge is -2.09. The lowest BCUT2D eigenvalue weighted by atomic mass is 13.9. The van der Waals surface area contributed by atoms with Gasteiger partial charge in [0.05, 0.1) is 0 Å². The van der Waals surface area contributed by atoms with Crippen LogP contribution >= 0.6 is 7.91 Å². The van der Waals surface area contributed by atoms with Crippen molar-refractivity contribution in [1.82, 2.24) is 0 Å². The Morgan fingerprint density at radius 1 is 1.33 bits per heavy atom. The molecule has 0 spiro atoms. The first kappa shape index (κ1) is 8.93. The second-order valence-corrected chi connectivity index (χ2v) is 3.28. The predicted octanol–water partition coefficient (Wildman–Crippen LogP) is 1.62. The van der Waals surface area contributed by atoms with Gasteiger partial charge in [0.15, 0.2) is 0 Å². The molecule has 4 nitrogen and oxygen atoms in total. The molecule has 0 N–H and O–H groups in total. The van der Waals surface area contributed by atoms with Crippen LogP contribution in [0.3, 0.4) is 0 Å². The minimum atomic E-state index is -6.13. The fraction of sp³-hybridized carbons (Fsp3) is 0. The fourth-order valence-electron chi connectivity index (χ4n) is 0.114. The average molecular weight is 182 g/mol. The maximum absolute atomic E-state index is 11.0. The van der Waals surface area contributed by atoms with Gasteiger partial charge in [0.25, 0.3) is 0 Å². The third-order valence-electron chi connectivity index (χ3n) is 0.193. The summed E-state index contributed by atoms with van der Waals surface area (Å²) in [6.07, 6.45) is 0. The number of hydrogen-bond acceptors (Lipinski definition) is 3. The predicted molar refractivity (Wildman–Crippen MR) is 23.2 cm³/mol. The summed E-state index contributed by atoms with van der Waals surface area (Å²) in [6.45, 7) is 0. The quantitative estimate of drug-likeness (QED) is 0.481. The highest BCUT2D eigenvalue weighted by Gasteiger charge is 2.10. The molecule has 0 saturated carbocycles. The Hall–Kier alpha value is -0.0700. The molecule has 0 aromatic heterocycles. The molecule has 0 saturated heterocycles. The van der Waals surface area contributed by atoms with E-state index in [0.717, 1.165) is 4.49 Å². The zero-order valence-corrected chi connectivity index (χ0v) is 5.37. The molecule has 0 aliphatic heterocycles. The van der Waals surface area contributed by atoms with E-state index >= 15 is 0 Å². The number of nitrogens with zero attached hydrogens (tertiary/aromatic N) is 1. The molecule has 0 rings (SSSR count). The van der Waals surface area contributed by atoms with E-state index in [1.165, 1.54) is 0 Å². The lowest BCUT2D eigenvalue weighted by molar-refractivity contribution is 0.503. The zero-order valence-electron chi connectivity index (χ0n) is 3.66. The highest BCUT2D eigenvalue weighted by Crippen LogP contribution is 2.57. The van der Waals surface area contributed by atoms with Crippen LogP contribution in [0, 0.1) is 0 Å². The van der Waals surface area contributed by atoms with E-state index in [-0.39, 0.29) is 0 Å². The number of hydrogen-bond donors (Lipinski definition) is 0. The molecule has 0 unspecified atom stereocenters. The van der Waals surface area contributed by atoms with Crippen LogP contribution in [0.15, 0.2) is 0 Å². The topological polar surface area (TPSA) is 65.3 Å². The van der Waals surface area contributed by atoms with Crippen LogP contribution in [-0.4, -0.2) is 8.42 Å². The Balaban J connectivity index is 4.26. The van der Waals surface area contributed by atoms with Crippen molar-refractivity contribution in [2.75, 3.05) is 0 Å². The summed E-state index contributed by atoms with van der Waals surface area (Å²) in [5, 5.41) is 0. The summed E-state index contributed by atoms with van der Waals surface area (Å²) in [4.78, 5) is 0. The molecular weight excluding hydrogens is 182 g/mol. The molecule has 56 valence electrons. The first-order chi connectivity index (χ1) is 3.71. The monoisotopic (exact) mass is 182 g/mol. The van der Waals surface area contributed by atoms with Gasteiger partial charge in [-0.2, -0.15) is 8.39 Å². The van der Waals surface area contributed by atoms with E-state index in [1.54, 1.807) is 0 Å². The third-order valence-corrected chi connectivity index (χ3v) is 1.73. The van der Waals surface area contributed by atoms with Crippen molar-refractivity contribution in [3.8, 4) is 0 Å². The molecule has 0 fully saturated rings. The Morgan fingerprint density at radius 2 is 1.67 bits per heavy atom. The molecule has 9 heteroatoms. The molecule has 0 aromatic rings. The second-order valence-electron chi connectivity index (χ2n) is 0.928. The van der Waals surface area contributed by atoms with E-state index in [1.807, 2.05) is 0 Å². The van der Waals surface area contributed by atoms with E-state index < -0.39 is 18.3 Å². The first-order valence-electron chi connectivity index (χ1n) is 1.39. The van der Waals surface area contributed by atoms with Gasteiger partial charge in [-0.15, -0.1) is 3.89 Å². The Labute approximate surface area is 49.1 Å². The summed E-state index contributed by atoms with van der Waals surface area (Å²) >= 11 is 0. The molecule has 0 atom stereocenters. The van der Waals surface area contributed by atoms with Crippen molar-refractivity contribution < 1.29 is 25.3 Å². The van der Waals surface area contributed by atoms with Crippen LogP contribution < -0.4 is 0 Å². The summed E-state index contributed by atoms with van der Waals surface area (Å²) < 4.78 is 61.5. The van der Waals surface area contributed by atoms with Crippen molar-refractivity contribution in [2.24, 2.45) is 0 Å². The van der Waals surface area contributed by atoms with Crippen LogP contribution in [0.5, 0.6) is 0 Å². The van der Waals surface area contributed by atoms with Crippen LogP contribution in [0.4, 0.5) is 12.3 Å². The molecular formula is F3NO3PS-. The Kier molecular flexibility index (Phi) is 2.26. The van der Waals surface area contributed by atoms with E-state index in [0.29, 0.717) is 0 Å². The van der Waals surface area contributed by atoms with Crippen LogP contribution in [0.25, 0.3) is 4.49 Å². The number of halogens is 3. The lowest BCUT2D eigenvalue weighted by Crippen LogP contribution is -1.82. The van der Waals surface area contributed by atoms with E-state index in [4.69, 9.17) is 13.0 Å². The van der Waals surface area contributed by atoms with Gasteiger partial charge in [0, 0.05) is 0 Å². The van der Waals surface area contributed by atoms with Crippen LogP contribution in [0.1, 0.15) is 0 Å². The number of rotatable bonds is 2. The first-order valence-corrected chi connectivity index (χ1v) is 4.17. The zero-order chi connectivity index (χ0) is 7.71. The molecule has 0 amide bonds. The van der Waals surface area contributed by atoms with Gasteiger partial charge in [0.1, 0.15) is 0 Å². The molecule has 0 heterocycles. The fourth-order valence-corrected chi connectivity index (χ4v) is 1.02. The molecule has 0 aliphatic carbocycles. The van der Waals surface area contributed by atoms with Gasteiger partial charge in [0.2, 0.25) is 10.4 Å². The van der Waals surface area contributed by atoms with Crippen molar-refractivity contribution in [2.45, 2.75) is 0 Å². The van der Waals surface area contributed by atoms with Gasteiger partial charge in [-0.25, -0.2) is 8.42 Å². The third kappa shape index (κ3) is 7.93. The maximum Gasteiger partial charge on any atom is 0.334 e. The van der Waals surface area contributed by atoms with Crippen LogP contribution in [-0.2, 0) is 15.0 Å². The Bertz CT molecular complexity index is 225. The van der Waals surface area contributed by atoms with Gasteiger partial charge in [-0.05, 0) is 0 Å². The molecule has 0 aromatic carbocycles. The smallest absolute Gasteiger partial charge is 0.334 e.